The Balaban J connectivity index is 2.56. The van der Waals surface area contributed by atoms with E-state index in [-0.39, 0.29) is 5.82 Å². The van der Waals surface area contributed by atoms with E-state index in [0.29, 0.717) is 16.5 Å². The summed E-state index contributed by atoms with van der Waals surface area (Å²) in [5.74, 6) is 0.210. The van der Waals surface area contributed by atoms with E-state index in [4.69, 9.17) is 11.6 Å². The molecule has 1 aromatic heterocycles. The van der Waals surface area contributed by atoms with Gasteiger partial charge in [0.2, 0.25) is 0 Å². The van der Waals surface area contributed by atoms with Crippen molar-refractivity contribution < 1.29 is 4.39 Å². The van der Waals surface area contributed by atoms with Crippen molar-refractivity contribution in [2.24, 2.45) is 0 Å². The van der Waals surface area contributed by atoms with Gasteiger partial charge in [-0.2, -0.15) is 0 Å². The molecule has 5 heteroatoms. The number of halogens is 2. The molecule has 0 saturated carbocycles. The van der Waals surface area contributed by atoms with Crippen molar-refractivity contribution >= 4 is 17.4 Å². The summed E-state index contributed by atoms with van der Waals surface area (Å²) in [6, 6.07) is 7.14. The summed E-state index contributed by atoms with van der Waals surface area (Å²) < 4.78 is 13.6. The van der Waals surface area contributed by atoms with E-state index in [2.05, 4.69) is 15.3 Å². The van der Waals surface area contributed by atoms with Crippen LogP contribution in [0.4, 0.5) is 10.2 Å². The molecule has 0 atom stereocenters. The maximum Gasteiger partial charge on any atom is 0.186 e. The molecule has 0 aliphatic rings. The first-order valence-electron chi connectivity index (χ1n) is 5.09. The van der Waals surface area contributed by atoms with E-state index in [1.807, 2.05) is 6.07 Å². The standard InChI is InChI=1S/C12H11ClFN3/c1-7-10(14)12(15-2)17-11(16-7)8-4-3-5-9(13)6-8/h3-6H,1-2H3,(H,15,16,17). The number of anilines is 1. The minimum absolute atomic E-state index is 0.187. The molecular weight excluding hydrogens is 241 g/mol. The molecule has 17 heavy (non-hydrogen) atoms. The van der Waals surface area contributed by atoms with Crippen molar-refractivity contribution in [1.29, 1.82) is 0 Å². The number of hydrogen-bond donors (Lipinski definition) is 1. The molecule has 0 radical (unpaired) electrons. The summed E-state index contributed by atoms with van der Waals surface area (Å²) in [4.78, 5) is 8.22. The highest BCUT2D eigenvalue weighted by molar-refractivity contribution is 6.30. The Morgan fingerprint density at radius 3 is 2.71 bits per heavy atom. The Bertz CT molecular complexity index is 557. The zero-order valence-corrected chi connectivity index (χ0v) is 10.2. The number of hydrogen-bond acceptors (Lipinski definition) is 3. The fourth-order valence-corrected chi connectivity index (χ4v) is 1.67. The number of aromatic nitrogens is 2. The zero-order valence-electron chi connectivity index (χ0n) is 9.46. The van der Waals surface area contributed by atoms with Crippen LogP contribution in [0.3, 0.4) is 0 Å². The van der Waals surface area contributed by atoms with E-state index in [1.54, 1.807) is 32.2 Å². The molecule has 0 aliphatic carbocycles. The molecule has 1 aromatic carbocycles. The Labute approximate surface area is 104 Å². The molecule has 3 nitrogen and oxygen atoms in total. The van der Waals surface area contributed by atoms with Crippen molar-refractivity contribution in [2.45, 2.75) is 6.92 Å². The average Bonchev–Trinajstić information content (AvgIpc) is 2.32. The summed E-state index contributed by atoms with van der Waals surface area (Å²) in [7, 11) is 1.62. The molecular formula is C12H11ClFN3. The first kappa shape index (κ1) is 11.8. The molecule has 88 valence electrons. The first-order valence-corrected chi connectivity index (χ1v) is 5.47. The van der Waals surface area contributed by atoms with E-state index >= 15 is 0 Å². The Kier molecular flexibility index (Phi) is 3.24. The summed E-state index contributed by atoms with van der Waals surface area (Å²) >= 11 is 5.89. The molecule has 0 bridgehead atoms. The van der Waals surface area contributed by atoms with Crippen molar-refractivity contribution in [3.8, 4) is 11.4 Å². The highest BCUT2D eigenvalue weighted by Gasteiger charge is 2.11. The molecule has 1 N–H and O–H groups in total. The van der Waals surface area contributed by atoms with Gasteiger partial charge in [-0.1, -0.05) is 23.7 Å². The van der Waals surface area contributed by atoms with Crippen molar-refractivity contribution in [2.75, 3.05) is 12.4 Å². The predicted octanol–water partition coefficient (Wildman–Crippen LogP) is 3.29. The molecule has 0 saturated heterocycles. The van der Waals surface area contributed by atoms with Gasteiger partial charge in [0.15, 0.2) is 17.5 Å². The van der Waals surface area contributed by atoms with Crippen LogP contribution in [0.15, 0.2) is 24.3 Å². The molecule has 0 amide bonds. The van der Waals surface area contributed by atoms with Crippen LogP contribution in [-0.4, -0.2) is 17.0 Å². The number of benzene rings is 1. The predicted molar refractivity (Wildman–Crippen MR) is 66.7 cm³/mol. The summed E-state index contributed by atoms with van der Waals surface area (Å²) in [6.45, 7) is 1.60. The van der Waals surface area contributed by atoms with Gasteiger partial charge in [0.1, 0.15) is 0 Å². The monoisotopic (exact) mass is 251 g/mol. The maximum absolute atomic E-state index is 13.6. The Morgan fingerprint density at radius 2 is 2.06 bits per heavy atom. The Hall–Kier alpha value is -1.68. The minimum Gasteiger partial charge on any atom is -0.371 e. The van der Waals surface area contributed by atoms with Crippen molar-refractivity contribution in [3.63, 3.8) is 0 Å². The van der Waals surface area contributed by atoms with Gasteiger partial charge in [-0.25, -0.2) is 14.4 Å². The highest BCUT2D eigenvalue weighted by Crippen LogP contribution is 2.23. The lowest BCUT2D eigenvalue weighted by atomic mass is 10.2. The van der Waals surface area contributed by atoms with E-state index in [9.17, 15) is 4.39 Å². The first-order chi connectivity index (χ1) is 8.11. The second kappa shape index (κ2) is 4.67. The van der Waals surface area contributed by atoms with Crippen LogP contribution in [0, 0.1) is 12.7 Å². The van der Waals surface area contributed by atoms with Gasteiger partial charge in [0.25, 0.3) is 0 Å². The maximum atomic E-state index is 13.6. The third-order valence-electron chi connectivity index (χ3n) is 2.34. The minimum atomic E-state index is -0.432. The molecule has 0 fully saturated rings. The van der Waals surface area contributed by atoms with Crippen LogP contribution < -0.4 is 5.32 Å². The highest BCUT2D eigenvalue weighted by atomic mass is 35.5. The lowest BCUT2D eigenvalue weighted by Gasteiger charge is -2.07. The van der Waals surface area contributed by atoms with Gasteiger partial charge in [0.05, 0.1) is 5.69 Å². The second-order valence-electron chi connectivity index (χ2n) is 3.56. The number of aryl methyl sites for hydroxylation is 1. The topological polar surface area (TPSA) is 37.8 Å². The van der Waals surface area contributed by atoms with Gasteiger partial charge < -0.3 is 5.32 Å². The number of nitrogens with zero attached hydrogens (tertiary/aromatic N) is 2. The van der Waals surface area contributed by atoms with Crippen LogP contribution >= 0.6 is 11.6 Å². The van der Waals surface area contributed by atoms with E-state index < -0.39 is 5.82 Å². The fourth-order valence-electron chi connectivity index (χ4n) is 1.48. The van der Waals surface area contributed by atoms with Crippen LogP contribution in [0.2, 0.25) is 5.02 Å². The van der Waals surface area contributed by atoms with E-state index in [0.717, 1.165) is 5.56 Å². The van der Waals surface area contributed by atoms with Crippen LogP contribution in [-0.2, 0) is 0 Å². The molecule has 2 aromatic rings. The molecule has 0 spiro atoms. The van der Waals surface area contributed by atoms with Crippen molar-refractivity contribution in [1.82, 2.24) is 9.97 Å². The third kappa shape index (κ3) is 2.36. The van der Waals surface area contributed by atoms with Gasteiger partial charge in [-0.05, 0) is 19.1 Å². The van der Waals surface area contributed by atoms with E-state index in [1.165, 1.54) is 0 Å². The van der Waals surface area contributed by atoms with Gasteiger partial charge in [-0.3, -0.25) is 0 Å². The summed E-state index contributed by atoms with van der Waals surface area (Å²) in [5, 5.41) is 3.30. The van der Waals surface area contributed by atoms with Crippen LogP contribution in [0.25, 0.3) is 11.4 Å². The molecule has 1 heterocycles. The zero-order chi connectivity index (χ0) is 12.4. The Morgan fingerprint density at radius 1 is 1.29 bits per heavy atom. The largest absolute Gasteiger partial charge is 0.371 e. The SMILES string of the molecule is CNc1nc(-c2cccc(Cl)c2)nc(C)c1F. The van der Waals surface area contributed by atoms with Gasteiger partial charge in [0, 0.05) is 17.6 Å². The fraction of sp³-hybridized carbons (Fsp3) is 0.167. The average molecular weight is 252 g/mol. The molecule has 0 aliphatic heterocycles. The van der Waals surface area contributed by atoms with Gasteiger partial charge >= 0.3 is 0 Å². The third-order valence-corrected chi connectivity index (χ3v) is 2.57. The van der Waals surface area contributed by atoms with Crippen LogP contribution in [0.5, 0.6) is 0 Å². The summed E-state index contributed by atoms with van der Waals surface area (Å²) in [5.41, 5.74) is 1.07. The number of rotatable bonds is 2. The normalized spacial score (nSPS) is 10.4. The second-order valence-corrected chi connectivity index (χ2v) is 3.99. The quantitative estimate of drug-likeness (QED) is 0.890. The smallest absolute Gasteiger partial charge is 0.186 e. The lowest BCUT2D eigenvalue weighted by Crippen LogP contribution is -2.03. The molecule has 2 rings (SSSR count). The summed E-state index contributed by atoms with van der Waals surface area (Å²) in [6.07, 6.45) is 0. The number of nitrogens with one attached hydrogen (secondary N) is 1. The lowest BCUT2D eigenvalue weighted by molar-refractivity contribution is 0.607. The van der Waals surface area contributed by atoms with Crippen LogP contribution in [0.1, 0.15) is 5.69 Å². The van der Waals surface area contributed by atoms with Crippen molar-refractivity contribution in [3.05, 3.63) is 40.8 Å². The van der Waals surface area contributed by atoms with Gasteiger partial charge in [-0.15, -0.1) is 0 Å². The molecule has 0 unspecified atom stereocenters.